The molecular formula is C19H24N2O2S. The van der Waals surface area contributed by atoms with Crippen molar-refractivity contribution in [3.63, 3.8) is 0 Å². The van der Waals surface area contributed by atoms with Crippen molar-refractivity contribution in [1.29, 1.82) is 0 Å². The molecule has 128 valence electrons. The van der Waals surface area contributed by atoms with E-state index in [0.717, 1.165) is 38.2 Å². The van der Waals surface area contributed by atoms with Crippen LogP contribution in [0.2, 0.25) is 0 Å². The highest BCUT2D eigenvalue weighted by Gasteiger charge is 2.22. The van der Waals surface area contributed by atoms with Crippen molar-refractivity contribution in [3.8, 4) is 0 Å². The van der Waals surface area contributed by atoms with Crippen LogP contribution in [0.5, 0.6) is 0 Å². The van der Waals surface area contributed by atoms with Crippen molar-refractivity contribution >= 4 is 22.9 Å². The number of nitrogens with zero attached hydrogens (tertiary/aromatic N) is 2. The summed E-state index contributed by atoms with van der Waals surface area (Å²) in [7, 11) is 1.84. The zero-order valence-corrected chi connectivity index (χ0v) is 14.9. The Morgan fingerprint density at radius 3 is 2.75 bits per heavy atom. The molecule has 24 heavy (non-hydrogen) atoms. The van der Waals surface area contributed by atoms with E-state index in [0.29, 0.717) is 6.54 Å². The Balaban J connectivity index is 1.64. The van der Waals surface area contributed by atoms with Gasteiger partial charge in [0.25, 0.3) is 0 Å². The third-order valence-electron chi connectivity index (χ3n) is 4.32. The molecule has 0 radical (unpaired) electrons. The number of benzene rings is 1. The Kier molecular flexibility index (Phi) is 6.01. The standard InChI is InChI=1S/C19H24N2O2S/c1-20(16-7-3-2-4-8-16)19(22)15-21(13-17-9-5-11-23-17)14-18-10-6-12-24-18/h2-4,6-8,10,12,17H,5,9,11,13-15H2,1H3. The van der Waals surface area contributed by atoms with Gasteiger partial charge in [0.15, 0.2) is 0 Å². The predicted octanol–water partition coefficient (Wildman–Crippen LogP) is 3.39. The second-order valence-corrected chi connectivity index (χ2v) is 7.20. The molecular weight excluding hydrogens is 320 g/mol. The lowest BCUT2D eigenvalue weighted by Gasteiger charge is -2.26. The maximum atomic E-state index is 12.7. The second kappa shape index (κ2) is 8.42. The zero-order valence-electron chi connectivity index (χ0n) is 14.1. The molecule has 1 amide bonds. The van der Waals surface area contributed by atoms with Crippen LogP contribution in [0.1, 0.15) is 17.7 Å². The average Bonchev–Trinajstić information content (AvgIpc) is 3.29. The van der Waals surface area contributed by atoms with Gasteiger partial charge in [0.05, 0.1) is 12.6 Å². The van der Waals surface area contributed by atoms with Crippen molar-refractivity contribution in [1.82, 2.24) is 4.90 Å². The van der Waals surface area contributed by atoms with E-state index in [1.54, 1.807) is 16.2 Å². The minimum atomic E-state index is 0.107. The molecule has 4 nitrogen and oxygen atoms in total. The first kappa shape index (κ1) is 17.1. The van der Waals surface area contributed by atoms with Crippen molar-refractivity contribution in [2.45, 2.75) is 25.5 Å². The van der Waals surface area contributed by atoms with Crippen LogP contribution in [0, 0.1) is 0 Å². The lowest BCUT2D eigenvalue weighted by molar-refractivity contribution is -0.119. The average molecular weight is 344 g/mol. The largest absolute Gasteiger partial charge is 0.377 e. The molecule has 1 atom stereocenters. The normalized spacial score (nSPS) is 17.3. The first-order valence-corrected chi connectivity index (χ1v) is 9.28. The van der Waals surface area contributed by atoms with E-state index in [9.17, 15) is 4.79 Å². The number of carbonyl (C=O) groups excluding carboxylic acids is 1. The van der Waals surface area contributed by atoms with Gasteiger partial charge in [-0.3, -0.25) is 9.69 Å². The Morgan fingerprint density at radius 2 is 2.08 bits per heavy atom. The molecule has 1 aromatic carbocycles. The van der Waals surface area contributed by atoms with Crippen LogP contribution in [0.3, 0.4) is 0 Å². The van der Waals surface area contributed by atoms with Crippen molar-refractivity contribution < 1.29 is 9.53 Å². The number of para-hydroxylation sites is 1. The number of anilines is 1. The van der Waals surface area contributed by atoms with E-state index in [4.69, 9.17) is 4.74 Å². The molecule has 0 saturated carbocycles. The SMILES string of the molecule is CN(C(=O)CN(Cc1cccs1)CC1CCCO1)c1ccccc1. The third kappa shape index (κ3) is 4.66. The summed E-state index contributed by atoms with van der Waals surface area (Å²) in [6.45, 7) is 2.86. The van der Waals surface area contributed by atoms with Crippen LogP contribution in [0.25, 0.3) is 0 Å². The fraction of sp³-hybridized carbons (Fsp3) is 0.421. The quantitative estimate of drug-likeness (QED) is 0.772. The molecule has 1 saturated heterocycles. The van der Waals surface area contributed by atoms with Gasteiger partial charge in [0, 0.05) is 37.3 Å². The summed E-state index contributed by atoms with van der Waals surface area (Å²) in [6, 6.07) is 14.0. The Morgan fingerprint density at radius 1 is 1.25 bits per heavy atom. The number of hydrogen-bond acceptors (Lipinski definition) is 4. The van der Waals surface area contributed by atoms with Crippen molar-refractivity contribution in [2.75, 3.05) is 31.6 Å². The molecule has 0 spiro atoms. The first-order chi connectivity index (χ1) is 11.7. The predicted molar refractivity (Wildman–Crippen MR) is 98.4 cm³/mol. The van der Waals surface area contributed by atoms with Gasteiger partial charge in [-0.2, -0.15) is 0 Å². The second-order valence-electron chi connectivity index (χ2n) is 6.17. The number of amides is 1. The number of likely N-dealkylation sites (N-methyl/N-ethyl adjacent to an activating group) is 1. The Labute approximate surface area is 147 Å². The summed E-state index contributed by atoms with van der Waals surface area (Å²) in [5.74, 6) is 0.107. The van der Waals surface area contributed by atoms with Crippen LogP contribution >= 0.6 is 11.3 Å². The van der Waals surface area contributed by atoms with Gasteiger partial charge >= 0.3 is 0 Å². The van der Waals surface area contributed by atoms with Gasteiger partial charge in [-0.1, -0.05) is 24.3 Å². The molecule has 5 heteroatoms. The maximum absolute atomic E-state index is 12.7. The van der Waals surface area contributed by atoms with Crippen LogP contribution in [0.4, 0.5) is 5.69 Å². The molecule has 1 fully saturated rings. The van der Waals surface area contributed by atoms with E-state index in [1.165, 1.54) is 4.88 Å². The third-order valence-corrected chi connectivity index (χ3v) is 5.18. The van der Waals surface area contributed by atoms with Crippen LogP contribution < -0.4 is 4.90 Å². The lowest BCUT2D eigenvalue weighted by Crippen LogP contribution is -2.41. The van der Waals surface area contributed by atoms with Crippen molar-refractivity contribution in [2.24, 2.45) is 0 Å². The molecule has 3 rings (SSSR count). The minimum Gasteiger partial charge on any atom is -0.377 e. The summed E-state index contributed by atoms with van der Waals surface area (Å²) >= 11 is 1.73. The van der Waals surface area contributed by atoms with E-state index in [1.807, 2.05) is 37.4 Å². The van der Waals surface area contributed by atoms with E-state index >= 15 is 0 Å². The molecule has 0 N–H and O–H groups in total. The van der Waals surface area contributed by atoms with Crippen LogP contribution in [-0.4, -0.2) is 43.7 Å². The number of thiophene rings is 1. The van der Waals surface area contributed by atoms with Crippen LogP contribution in [-0.2, 0) is 16.1 Å². The number of rotatable bonds is 7. The van der Waals surface area contributed by atoms with Crippen molar-refractivity contribution in [3.05, 3.63) is 52.7 Å². The molecule has 2 aromatic rings. The molecule has 1 unspecified atom stereocenters. The lowest BCUT2D eigenvalue weighted by atomic mass is 10.2. The zero-order chi connectivity index (χ0) is 16.8. The Hall–Kier alpha value is -1.69. The highest BCUT2D eigenvalue weighted by Crippen LogP contribution is 2.18. The van der Waals surface area contributed by atoms with Gasteiger partial charge in [0.1, 0.15) is 0 Å². The fourth-order valence-electron chi connectivity index (χ4n) is 2.98. The van der Waals surface area contributed by atoms with Crippen LogP contribution in [0.15, 0.2) is 47.8 Å². The highest BCUT2D eigenvalue weighted by atomic mass is 32.1. The molecule has 1 aliphatic heterocycles. The number of carbonyl (C=O) groups is 1. The number of ether oxygens (including phenoxy) is 1. The smallest absolute Gasteiger partial charge is 0.240 e. The summed E-state index contributed by atoms with van der Waals surface area (Å²) in [4.78, 5) is 17.9. The summed E-state index contributed by atoms with van der Waals surface area (Å²) < 4.78 is 5.77. The maximum Gasteiger partial charge on any atom is 0.240 e. The topological polar surface area (TPSA) is 32.8 Å². The van der Waals surface area contributed by atoms with Gasteiger partial charge < -0.3 is 9.64 Å². The van der Waals surface area contributed by atoms with Gasteiger partial charge in [0.2, 0.25) is 5.91 Å². The molecule has 0 aliphatic carbocycles. The summed E-state index contributed by atoms with van der Waals surface area (Å²) in [5.41, 5.74) is 0.927. The monoisotopic (exact) mass is 344 g/mol. The molecule has 0 bridgehead atoms. The fourth-order valence-corrected chi connectivity index (χ4v) is 3.72. The van der Waals surface area contributed by atoms with E-state index in [-0.39, 0.29) is 12.0 Å². The molecule has 1 aliphatic rings. The van der Waals surface area contributed by atoms with Gasteiger partial charge in [-0.15, -0.1) is 11.3 Å². The van der Waals surface area contributed by atoms with Gasteiger partial charge in [-0.25, -0.2) is 0 Å². The molecule has 1 aromatic heterocycles. The number of hydrogen-bond donors (Lipinski definition) is 0. The summed E-state index contributed by atoms with van der Waals surface area (Å²) in [6.07, 6.45) is 2.46. The van der Waals surface area contributed by atoms with E-state index in [2.05, 4.69) is 22.4 Å². The van der Waals surface area contributed by atoms with E-state index < -0.39 is 0 Å². The first-order valence-electron chi connectivity index (χ1n) is 8.40. The Bertz CT molecular complexity index is 624. The molecule has 2 heterocycles. The highest BCUT2D eigenvalue weighted by molar-refractivity contribution is 7.09. The minimum absolute atomic E-state index is 0.107. The van der Waals surface area contributed by atoms with Gasteiger partial charge in [-0.05, 0) is 36.4 Å². The summed E-state index contributed by atoms with van der Waals surface area (Å²) in [5, 5.41) is 2.08.